The fraction of sp³-hybridized carbons (Fsp3) is 0.857. The van der Waals surface area contributed by atoms with E-state index < -0.39 is 16.8 Å². The number of carboxylic acids is 1. The van der Waals surface area contributed by atoms with Crippen LogP contribution in [0.25, 0.3) is 0 Å². The maximum absolute atomic E-state index is 11.0. The van der Waals surface area contributed by atoms with E-state index in [1.54, 1.807) is 0 Å². The van der Waals surface area contributed by atoms with Gasteiger partial charge in [-0.2, -0.15) is 0 Å². The van der Waals surface area contributed by atoms with E-state index in [0.717, 1.165) is 12.8 Å². The van der Waals surface area contributed by atoms with Crippen LogP contribution in [0, 0.1) is 0 Å². The molecule has 11 heavy (non-hydrogen) atoms. The zero-order valence-electron chi connectivity index (χ0n) is 6.71. The fourth-order valence-corrected chi connectivity index (χ4v) is 1.83. The van der Waals surface area contributed by atoms with Crippen molar-refractivity contribution in [1.29, 1.82) is 0 Å². The first kappa shape index (κ1) is 10.6. The van der Waals surface area contributed by atoms with E-state index in [2.05, 4.69) is 0 Å². The third-order valence-corrected chi connectivity index (χ3v) is 2.67. The lowest BCUT2D eigenvalue weighted by atomic mass is 10.4. The normalized spacial score (nSPS) is 12.8. The molecule has 0 aromatic heterocycles. The Hall–Kier alpha value is -0.380. The van der Waals surface area contributed by atoms with Gasteiger partial charge in [-0.25, -0.2) is 0 Å². The SMILES string of the molecule is CCCC[S@](=O)CCC(=O)O. The van der Waals surface area contributed by atoms with Crippen molar-refractivity contribution in [2.24, 2.45) is 0 Å². The molecule has 66 valence electrons. The van der Waals surface area contributed by atoms with Crippen LogP contribution in [0.2, 0.25) is 0 Å². The molecule has 0 radical (unpaired) electrons. The molecule has 0 spiro atoms. The third kappa shape index (κ3) is 7.52. The van der Waals surface area contributed by atoms with Crippen molar-refractivity contribution < 1.29 is 14.1 Å². The molecule has 0 saturated carbocycles. The van der Waals surface area contributed by atoms with Gasteiger partial charge in [0.15, 0.2) is 0 Å². The summed E-state index contributed by atoms with van der Waals surface area (Å²) in [4.78, 5) is 10.0. The van der Waals surface area contributed by atoms with Crippen molar-refractivity contribution in [2.75, 3.05) is 11.5 Å². The van der Waals surface area contributed by atoms with E-state index in [-0.39, 0.29) is 6.42 Å². The van der Waals surface area contributed by atoms with E-state index in [0.29, 0.717) is 11.5 Å². The van der Waals surface area contributed by atoms with Gasteiger partial charge in [0.05, 0.1) is 6.42 Å². The predicted molar refractivity (Wildman–Crippen MR) is 45.0 cm³/mol. The van der Waals surface area contributed by atoms with Crippen LogP contribution in [0.15, 0.2) is 0 Å². The van der Waals surface area contributed by atoms with Gasteiger partial charge in [0.2, 0.25) is 0 Å². The average molecular weight is 178 g/mol. The number of unbranched alkanes of at least 4 members (excludes halogenated alkanes) is 1. The van der Waals surface area contributed by atoms with Crippen LogP contribution in [-0.2, 0) is 15.6 Å². The number of carboxylic acid groups (broad SMARTS) is 1. The second-order valence-electron chi connectivity index (χ2n) is 2.35. The molecule has 0 aromatic carbocycles. The number of rotatable bonds is 6. The van der Waals surface area contributed by atoms with Crippen molar-refractivity contribution in [3.05, 3.63) is 0 Å². The molecule has 0 rings (SSSR count). The first-order valence-corrected chi connectivity index (χ1v) is 5.22. The molecule has 0 aromatic rings. The van der Waals surface area contributed by atoms with Crippen molar-refractivity contribution >= 4 is 16.8 Å². The van der Waals surface area contributed by atoms with Crippen LogP contribution >= 0.6 is 0 Å². The lowest BCUT2D eigenvalue weighted by molar-refractivity contribution is -0.136. The Morgan fingerprint density at radius 3 is 2.55 bits per heavy atom. The maximum atomic E-state index is 11.0. The number of carbonyl (C=O) groups is 1. The van der Waals surface area contributed by atoms with E-state index in [1.165, 1.54) is 0 Å². The highest BCUT2D eigenvalue weighted by Gasteiger charge is 2.02. The zero-order chi connectivity index (χ0) is 8.69. The minimum absolute atomic E-state index is 0.0241. The molecule has 0 heterocycles. The van der Waals surface area contributed by atoms with Gasteiger partial charge in [-0.15, -0.1) is 0 Å². The number of hydrogen-bond acceptors (Lipinski definition) is 2. The van der Waals surface area contributed by atoms with Crippen LogP contribution in [0.4, 0.5) is 0 Å². The van der Waals surface area contributed by atoms with Crippen LogP contribution < -0.4 is 0 Å². The van der Waals surface area contributed by atoms with Crippen LogP contribution in [0.5, 0.6) is 0 Å². The summed E-state index contributed by atoms with van der Waals surface area (Å²) in [5, 5.41) is 8.25. The van der Waals surface area contributed by atoms with E-state index in [1.807, 2.05) is 6.92 Å². The Labute approximate surface area is 69.3 Å². The quantitative estimate of drug-likeness (QED) is 0.660. The van der Waals surface area contributed by atoms with Gasteiger partial charge < -0.3 is 5.11 Å². The smallest absolute Gasteiger partial charge is 0.304 e. The molecule has 1 N–H and O–H groups in total. The van der Waals surface area contributed by atoms with Crippen LogP contribution in [-0.4, -0.2) is 26.8 Å². The molecule has 0 aliphatic heterocycles. The monoisotopic (exact) mass is 178 g/mol. The second kappa shape index (κ2) is 6.34. The predicted octanol–water partition coefficient (Wildman–Crippen LogP) is 1.01. The van der Waals surface area contributed by atoms with Gasteiger partial charge in [-0.05, 0) is 6.42 Å². The molecule has 0 amide bonds. The summed E-state index contributed by atoms with van der Waals surface area (Å²) in [5.74, 6) is 0.0777. The number of aliphatic carboxylic acids is 1. The summed E-state index contributed by atoms with van der Waals surface area (Å²) >= 11 is 0. The minimum atomic E-state index is -0.921. The van der Waals surface area contributed by atoms with Gasteiger partial charge in [0.1, 0.15) is 0 Å². The van der Waals surface area contributed by atoms with Crippen molar-refractivity contribution in [2.45, 2.75) is 26.2 Å². The van der Waals surface area contributed by atoms with Gasteiger partial charge in [0.25, 0.3) is 0 Å². The molecular formula is C7H14O3S. The highest BCUT2D eigenvalue weighted by atomic mass is 32.2. The molecule has 0 saturated heterocycles. The molecular weight excluding hydrogens is 164 g/mol. The highest BCUT2D eigenvalue weighted by molar-refractivity contribution is 7.84. The summed E-state index contributed by atoms with van der Waals surface area (Å²) in [7, 11) is -0.921. The first-order chi connectivity index (χ1) is 5.16. The number of hydrogen-bond donors (Lipinski definition) is 1. The highest BCUT2D eigenvalue weighted by Crippen LogP contribution is 1.94. The van der Waals surface area contributed by atoms with E-state index >= 15 is 0 Å². The molecule has 4 heteroatoms. The minimum Gasteiger partial charge on any atom is -0.481 e. The van der Waals surface area contributed by atoms with Gasteiger partial charge in [-0.3, -0.25) is 9.00 Å². The van der Waals surface area contributed by atoms with Crippen molar-refractivity contribution in [3.63, 3.8) is 0 Å². The summed E-state index contributed by atoms with van der Waals surface area (Å²) in [6.07, 6.45) is 1.96. The van der Waals surface area contributed by atoms with Gasteiger partial charge in [0, 0.05) is 22.3 Å². The lowest BCUT2D eigenvalue weighted by Gasteiger charge is -1.96. The molecule has 0 fully saturated rings. The standard InChI is InChI=1S/C7H14O3S/c1-2-3-5-11(10)6-4-7(8)9/h2-6H2,1H3,(H,8,9)/t11-/m0/s1. The third-order valence-electron chi connectivity index (χ3n) is 1.27. The van der Waals surface area contributed by atoms with Crippen molar-refractivity contribution in [1.82, 2.24) is 0 Å². The van der Waals surface area contributed by atoms with Gasteiger partial charge in [-0.1, -0.05) is 13.3 Å². The van der Waals surface area contributed by atoms with Crippen LogP contribution in [0.3, 0.4) is 0 Å². The molecule has 1 atom stereocenters. The van der Waals surface area contributed by atoms with Gasteiger partial charge >= 0.3 is 5.97 Å². The molecule has 0 aliphatic rings. The Bertz CT molecular complexity index is 145. The Morgan fingerprint density at radius 2 is 2.09 bits per heavy atom. The lowest BCUT2D eigenvalue weighted by Crippen LogP contribution is -2.07. The largest absolute Gasteiger partial charge is 0.481 e. The van der Waals surface area contributed by atoms with E-state index in [4.69, 9.17) is 5.11 Å². The molecule has 0 unspecified atom stereocenters. The first-order valence-electron chi connectivity index (χ1n) is 3.73. The summed E-state index contributed by atoms with van der Waals surface area (Å²) < 4.78 is 11.0. The maximum Gasteiger partial charge on any atom is 0.304 e. The molecule has 3 nitrogen and oxygen atoms in total. The van der Waals surface area contributed by atoms with E-state index in [9.17, 15) is 9.00 Å². The summed E-state index contributed by atoms with van der Waals surface area (Å²) in [6, 6.07) is 0. The second-order valence-corrected chi connectivity index (χ2v) is 4.04. The average Bonchev–Trinajstić information content (AvgIpc) is 1.97. The molecule has 0 aliphatic carbocycles. The summed E-state index contributed by atoms with van der Waals surface area (Å²) in [6.45, 7) is 2.02. The van der Waals surface area contributed by atoms with Crippen molar-refractivity contribution in [3.8, 4) is 0 Å². The fourth-order valence-electron chi connectivity index (χ4n) is 0.609. The Morgan fingerprint density at radius 1 is 1.45 bits per heavy atom. The topological polar surface area (TPSA) is 54.4 Å². The zero-order valence-corrected chi connectivity index (χ0v) is 7.52. The Balaban J connectivity index is 3.30. The summed E-state index contributed by atoms with van der Waals surface area (Å²) in [5.41, 5.74) is 0. The Kier molecular flexibility index (Phi) is 6.12. The molecule has 0 bridgehead atoms. The van der Waals surface area contributed by atoms with Crippen LogP contribution in [0.1, 0.15) is 26.2 Å².